The highest BCUT2D eigenvalue weighted by Crippen LogP contribution is 2.31. The maximum atomic E-state index is 12.4. The van der Waals surface area contributed by atoms with Crippen molar-refractivity contribution in [2.24, 2.45) is 0 Å². The highest BCUT2D eigenvalue weighted by molar-refractivity contribution is 6.28. The molecule has 0 amide bonds. The van der Waals surface area contributed by atoms with E-state index in [1.165, 1.54) is 13.8 Å². The Bertz CT molecular complexity index is 495. The fourth-order valence-electron chi connectivity index (χ4n) is 1.51. The normalized spacial score (nSPS) is 11.5. The molecule has 1 aromatic heterocycles. The Morgan fingerprint density at radius 2 is 2.00 bits per heavy atom. The van der Waals surface area contributed by atoms with E-state index in [-0.39, 0.29) is 17.5 Å². The minimum absolute atomic E-state index is 0.0828. The number of halogens is 4. The average Bonchev–Trinajstić information content (AvgIpc) is 2.22. The van der Waals surface area contributed by atoms with Crippen molar-refractivity contribution in [3.05, 3.63) is 21.1 Å². The zero-order chi connectivity index (χ0) is 14.8. The van der Waals surface area contributed by atoms with Gasteiger partial charge in [-0.1, -0.05) is 0 Å². The Hall–Kier alpha value is -1.64. The second kappa shape index (κ2) is 5.55. The van der Waals surface area contributed by atoms with Crippen LogP contribution in [0.5, 0.6) is 0 Å². The molecule has 0 spiro atoms. The van der Waals surface area contributed by atoms with Crippen LogP contribution in [0.3, 0.4) is 0 Å². The van der Waals surface area contributed by atoms with Crippen molar-refractivity contribution >= 4 is 23.1 Å². The molecule has 0 bridgehead atoms. The molecule has 0 radical (unpaired) electrons. The number of nitrogens with zero attached hydrogens (tertiary/aromatic N) is 4. The van der Waals surface area contributed by atoms with Gasteiger partial charge in [0.1, 0.15) is 12.2 Å². The summed E-state index contributed by atoms with van der Waals surface area (Å²) in [4.78, 5) is 18.0. The fourth-order valence-corrected chi connectivity index (χ4v) is 1.71. The van der Waals surface area contributed by atoms with E-state index in [9.17, 15) is 23.3 Å². The first-order chi connectivity index (χ1) is 8.65. The third kappa shape index (κ3) is 3.91. The van der Waals surface area contributed by atoms with Crippen LogP contribution in [0.25, 0.3) is 0 Å². The Kier molecular flexibility index (Phi) is 4.51. The Labute approximate surface area is 111 Å². The predicted octanol–water partition coefficient (Wildman–Crippen LogP) is 2.74. The molecule has 1 heterocycles. The van der Waals surface area contributed by atoms with E-state index < -0.39 is 29.1 Å². The minimum Gasteiger partial charge on any atom is -0.342 e. The molecule has 0 saturated carbocycles. The van der Waals surface area contributed by atoms with Gasteiger partial charge in [-0.25, -0.2) is 4.98 Å². The van der Waals surface area contributed by atoms with Gasteiger partial charge in [0.25, 0.3) is 0 Å². The van der Waals surface area contributed by atoms with E-state index in [1.807, 2.05) is 0 Å². The van der Waals surface area contributed by atoms with Crippen LogP contribution in [0, 0.1) is 17.0 Å². The molecule has 1 aromatic rings. The summed E-state index contributed by atoms with van der Waals surface area (Å²) in [5.74, 6) is -0.428. The highest BCUT2D eigenvalue weighted by atomic mass is 35.5. The van der Waals surface area contributed by atoms with Gasteiger partial charge in [0, 0.05) is 6.54 Å². The zero-order valence-electron chi connectivity index (χ0n) is 10.0. The number of aromatic nitrogens is 2. The number of aryl methyl sites for hydroxylation is 1. The SMILES string of the molecule is CCN(CC(F)(F)F)c1nc(Cl)nc(C)c1[N+](=O)[O-]. The van der Waals surface area contributed by atoms with Gasteiger partial charge in [-0.15, -0.1) is 0 Å². The summed E-state index contributed by atoms with van der Waals surface area (Å²) in [5, 5.41) is 10.6. The van der Waals surface area contributed by atoms with Gasteiger partial charge in [-0.2, -0.15) is 18.2 Å². The quantitative estimate of drug-likeness (QED) is 0.485. The van der Waals surface area contributed by atoms with Crippen molar-refractivity contribution in [1.82, 2.24) is 9.97 Å². The van der Waals surface area contributed by atoms with Crippen LogP contribution in [0.15, 0.2) is 0 Å². The molecule has 10 heteroatoms. The summed E-state index contributed by atoms with van der Waals surface area (Å²) >= 11 is 5.55. The fraction of sp³-hybridized carbons (Fsp3) is 0.556. The number of alkyl halides is 3. The molecule has 0 fully saturated rings. The zero-order valence-corrected chi connectivity index (χ0v) is 10.8. The largest absolute Gasteiger partial charge is 0.405 e. The number of hydrogen-bond acceptors (Lipinski definition) is 5. The van der Waals surface area contributed by atoms with E-state index in [0.29, 0.717) is 0 Å². The summed E-state index contributed by atoms with van der Waals surface area (Å²) in [5.41, 5.74) is -0.656. The number of hydrogen-bond donors (Lipinski definition) is 0. The van der Waals surface area contributed by atoms with Gasteiger partial charge in [0.15, 0.2) is 0 Å². The minimum atomic E-state index is -4.50. The van der Waals surface area contributed by atoms with Crippen molar-refractivity contribution in [3.63, 3.8) is 0 Å². The number of nitro groups is 1. The molecule has 0 aliphatic heterocycles. The molecule has 1 rings (SSSR count). The molecule has 0 N–H and O–H groups in total. The first-order valence-corrected chi connectivity index (χ1v) is 5.53. The van der Waals surface area contributed by atoms with Gasteiger partial charge in [0.2, 0.25) is 11.1 Å². The summed E-state index contributed by atoms with van der Waals surface area (Å²) in [6.45, 7) is 1.27. The lowest BCUT2D eigenvalue weighted by atomic mass is 10.3. The second-order valence-electron chi connectivity index (χ2n) is 3.64. The average molecular weight is 299 g/mol. The molecule has 6 nitrogen and oxygen atoms in total. The van der Waals surface area contributed by atoms with E-state index >= 15 is 0 Å². The maximum absolute atomic E-state index is 12.4. The first-order valence-electron chi connectivity index (χ1n) is 5.16. The van der Waals surface area contributed by atoms with Crippen LogP contribution in [0.4, 0.5) is 24.7 Å². The molecule has 0 aromatic carbocycles. The maximum Gasteiger partial charge on any atom is 0.405 e. The molecule has 19 heavy (non-hydrogen) atoms. The van der Waals surface area contributed by atoms with Crippen molar-refractivity contribution < 1.29 is 18.1 Å². The monoisotopic (exact) mass is 298 g/mol. The summed E-state index contributed by atoms with van der Waals surface area (Å²) in [6.07, 6.45) is -4.50. The Balaban J connectivity index is 3.33. The lowest BCUT2D eigenvalue weighted by Crippen LogP contribution is -2.35. The van der Waals surface area contributed by atoms with Crippen LogP contribution in [-0.4, -0.2) is 34.2 Å². The van der Waals surface area contributed by atoms with Crippen molar-refractivity contribution in [3.8, 4) is 0 Å². The molecule has 0 unspecified atom stereocenters. The topological polar surface area (TPSA) is 72.2 Å². The Morgan fingerprint density at radius 3 is 2.42 bits per heavy atom. The van der Waals surface area contributed by atoms with Gasteiger partial charge < -0.3 is 4.90 Å². The Morgan fingerprint density at radius 1 is 1.42 bits per heavy atom. The number of rotatable bonds is 4. The second-order valence-corrected chi connectivity index (χ2v) is 3.97. The van der Waals surface area contributed by atoms with Gasteiger partial charge in [0.05, 0.1) is 4.92 Å². The molecule has 0 atom stereocenters. The molecular weight excluding hydrogens is 289 g/mol. The van der Waals surface area contributed by atoms with Crippen LogP contribution < -0.4 is 4.90 Å². The van der Waals surface area contributed by atoms with Gasteiger partial charge in [-0.05, 0) is 25.4 Å². The van der Waals surface area contributed by atoms with E-state index in [4.69, 9.17) is 11.6 Å². The third-order valence-corrected chi connectivity index (χ3v) is 2.42. The predicted molar refractivity (Wildman–Crippen MR) is 62.4 cm³/mol. The van der Waals surface area contributed by atoms with E-state index in [1.54, 1.807) is 0 Å². The van der Waals surface area contributed by atoms with E-state index in [2.05, 4.69) is 9.97 Å². The number of anilines is 1. The summed E-state index contributed by atoms with van der Waals surface area (Å²) in [6, 6.07) is 0. The third-order valence-electron chi connectivity index (χ3n) is 2.25. The lowest BCUT2D eigenvalue weighted by molar-refractivity contribution is -0.385. The first kappa shape index (κ1) is 15.4. The van der Waals surface area contributed by atoms with Gasteiger partial charge in [-0.3, -0.25) is 10.1 Å². The smallest absolute Gasteiger partial charge is 0.342 e. The van der Waals surface area contributed by atoms with Crippen molar-refractivity contribution in [2.75, 3.05) is 18.0 Å². The van der Waals surface area contributed by atoms with Crippen LogP contribution >= 0.6 is 11.6 Å². The summed E-state index contributed by atoms with van der Waals surface area (Å²) in [7, 11) is 0. The molecular formula is C9H10ClF3N4O2. The molecule has 106 valence electrons. The highest BCUT2D eigenvalue weighted by Gasteiger charge is 2.34. The lowest BCUT2D eigenvalue weighted by Gasteiger charge is -2.23. The summed E-state index contributed by atoms with van der Waals surface area (Å²) < 4.78 is 37.3. The van der Waals surface area contributed by atoms with Crippen LogP contribution in [-0.2, 0) is 0 Å². The van der Waals surface area contributed by atoms with Crippen molar-refractivity contribution in [2.45, 2.75) is 20.0 Å². The molecule has 0 saturated heterocycles. The van der Waals surface area contributed by atoms with Crippen LogP contribution in [0.1, 0.15) is 12.6 Å². The van der Waals surface area contributed by atoms with E-state index in [0.717, 1.165) is 4.90 Å². The van der Waals surface area contributed by atoms with Crippen molar-refractivity contribution in [1.29, 1.82) is 0 Å². The standard InChI is InChI=1S/C9H10ClF3N4O2/c1-3-16(4-9(11,12)13)7-6(17(18)19)5(2)14-8(10)15-7/h3-4H2,1-2H3. The van der Waals surface area contributed by atoms with Crippen LogP contribution in [0.2, 0.25) is 5.28 Å². The van der Waals surface area contributed by atoms with Gasteiger partial charge >= 0.3 is 11.9 Å². The molecule has 0 aliphatic carbocycles. The molecule has 0 aliphatic rings.